The van der Waals surface area contributed by atoms with Gasteiger partial charge in [0.25, 0.3) is 0 Å². The fourth-order valence-electron chi connectivity index (χ4n) is 3.34. The molecular formula is C12H15N3O2S. The summed E-state index contributed by atoms with van der Waals surface area (Å²) < 4.78 is 0. The number of nitrogens with two attached hydrogens (primary N) is 1. The molecule has 0 aromatic carbocycles. The Morgan fingerprint density at radius 1 is 1.44 bits per heavy atom. The van der Waals surface area contributed by atoms with E-state index in [-0.39, 0.29) is 10.9 Å². The van der Waals surface area contributed by atoms with Crippen LogP contribution in [0.25, 0.3) is 0 Å². The second kappa shape index (κ2) is 4.65. The van der Waals surface area contributed by atoms with Crippen LogP contribution in [0, 0.1) is 28.6 Å². The maximum absolute atomic E-state index is 11.9. The molecule has 5 nitrogen and oxygen atoms in total. The summed E-state index contributed by atoms with van der Waals surface area (Å²) in [5.41, 5.74) is 4.76. The molecule has 0 unspecified atom stereocenters. The number of carbonyl (C=O) groups is 2. The average Bonchev–Trinajstić information content (AvgIpc) is 2.29. The van der Waals surface area contributed by atoms with E-state index in [2.05, 4.69) is 5.32 Å². The number of nitrogens with one attached hydrogen (secondary N) is 1. The number of amides is 2. The summed E-state index contributed by atoms with van der Waals surface area (Å²) in [4.78, 5) is 23.8. The van der Waals surface area contributed by atoms with Gasteiger partial charge in [-0.1, -0.05) is 31.5 Å². The molecule has 2 rings (SSSR count). The van der Waals surface area contributed by atoms with Gasteiger partial charge >= 0.3 is 0 Å². The molecule has 18 heavy (non-hydrogen) atoms. The van der Waals surface area contributed by atoms with Crippen molar-refractivity contribution in [3.63, 3.8) is 0 Å². The fourth-order valence-corrected chi connectivity index (χ4v) is 3.79. The molecule has 96 valence electrons. The highest BCUT2D eigenvalue weighted by Crippen LogP contribution is 2.50. The lowest BCUT2D eigenvalue weighted by atomic mass is 9.57. The van der Waals surface area contributed by atoms with Gasteiger partial charge in [0.05, 0.1) is 17.0 Å². The van der Waals surface area contributed by atoms with E-state index in [4.69, 9.17) is 18.0 Å². The van der Waals surface area contributed by atoms with Crippen LogP contribution in [0.3, 0.4) is 0 Å². The van der Waals surface area contributed by atoms with Crippen molar-refractivity contribution in [3.05, 3.63) is 0 Å². The third-order valence-corrected chi connectivity index (χ3v) is 4.46. The summed E-state index contributed by atoms with van der Waals surface area (Å²) in [7, 11) is 0. The van der Waals surface area contributed by atoms with Gasteiger partial charge in [-0.15, -0.1) is 0 Å². The third-order valence-electron chi connectivity index (χ3n) is 4.12. The van der Waals surface area contributed by atoms with E-state index in [1.54, 1.807) is 0 Å². The van der Waals surface area contributed by atoms with Gasteiger partial charge in [-0.05, 0) is 12.8 Å². The molecule has 3 N–H and O–H groups in total. The number of piperidine rings is 1. The van der Waals surface area contributed by atoms with Crippen LogP contribution in [0.2, 0.25) is 0 Å². The molecule has 0 bridgehead atoms. The number of nitriles is 1. The van der Waals surface area contributed by atoms with Crippen LogP contribution in [0.5, 0.6) is 0 Å². The molecule has 2 atom stereocenters. The lowest BCUT2D eigenvalue weighted by Crippen LogP contribution is -2.61. The first-order valence-electron chi connectivity index (χ1n) is 6.06. The van der Waals surface area contributed by atoms with Crippen molar-refractivity contribution >= 4 is 29.0 Å². The Hall–Kier alpha value is -1.48. The van der Waals surface area contributed by atoms with E-state index in [0.717, 1.165) is 19.3 Å². The standard InChI is InChI=1S/C12H15N3O2S/c13-6-7-10(17)15-11(18)8(9(14)16)12(7)4-2-1-3-5-12/h7-8H,1-5H2,(H2,14,16)(H,15,17,18)/t7-,8+/m0/s1. The fraction of sp³-hybridized carbons (Fsp3) is 0.667. The minimum absolute atomic E-state index is 0.181. The SMILES string of the molecule is N#C[C@H]1C(=O)NC(=S)[C@@H](C(N)=O)C12CCCCC2. The smallest absolute Gasteiger partial charge is 0.242 e. The molecule has 1 aliphatic heterocycles. The van der Waals surface area contributed by atoms with Gasteiger partial charge in [0, 0.05) is 5.41 Å². The van der Waals surface area contributed by atoms with Gasteiger partial charge in [0.2, 0.25) is 11.8 Å². The zero-order valence-corrected chi connectivity index (χ0v) is 10.8. The molecule has 2 aliphatic rings. The Kier molecular flexibility index (Phi) is 3.35. The summed E-state index contributed by atoms with van der Waals surface area (Å²) in [5, 5.41) is 11.7. The number of nitrogens with zero attached hydrogens (tertiary/aromatic N) is 1. The maximum Gasteiger partial charge on any atom is 0.242 e. The van der Waals surface area contributed by atoms with E-state index < -0.39 is 23.2 Å². The molecule has 0 aromatic heterocycles. The molecule has 1 aliphatic carbocycles. The van der Waals surface area contributed by atoms with Crippen molar-refractivity contribution in [2.75, 3.05) is 0 Å². The highest BCUT2D eigenvalue weighted by molar-refractivity contribution is 7.80. The van der Waals surface area contributed by atoms with Crippen molar-refractivity contribution < 1.29 is 9.59 Å². The van der Waals surface area contributed by atoms with Crippen LogP contribution in [0.4, 0.5) is 0 Å². The lowest BCUT2D eigenvalue weighted by Gasteiger charge is -2.47. The Bertz CT molecular complexity index is 449. The highest BCUT2D eigenvalue weighted by Gasteiger charge is 2.56. The van der Waals surface area contributed by atoms with E-state index in [0.29, 0.717) is 12.8 Å². The average molecular weight is 265 g/mol. The topological polar surface area (TPSA) is 96.0 Å². The van der Waals surface area contributed by atoms with Crippen molar-refractivity contribution in [1.82, 2.24) is 5.32 Å². The molecule has 1 saturated carbocycles. The second-order valence-corrected chi connectivity index (χ2v) is 5.48. The summed E-state index contributed by atoms with van der Waals surface area (Å²) >= 11 is 5.09. The van der Waals surface area contributed by atoms with Crippen molar-refractivity contribution in [1.29, 1.82) is 5.26 Å². The van der Waals surface area contributed by atoms with E-state index in [1.165, 1.54) is 0 Å². The first-order valence-corrected chi connectivity index (χ1v) is 6.47. The zero-order chi connectivity index (χ0) is 13.3. The summed E-state index contributed by atoms with van der Waals surface area (Å²) in [5.74, 6) is -2.46. The predicted octanol–water partition coefficient (Wildman–Crippen LogP) is 0.635. The van der Waals surface area contributed by atoms with Crippen LogP contribution >= 0.6 is 12.2 Å². The van der Waals surface area contributed by atoms with Crippen LogP contribution in [0.15, 0.2) is 0 Å². The number of rotatable bonds is 1. The Morgan fingerprint density at radius 3 is 2.56 bits per heavy atom. The largest absolute Gasteiger partial charge is 0.369 e. The Labute approximate surface area is 111 Å². The first-order chi connectivity index (χ1) is 8.53. The molecule has 2 amide bonds. The normalized spacial score (nSPS) is 30.6. The number of thiocarbonyl (C=S) groups is 1. The quantitative estimate of drug-likeness (QED) is 0.680. The summed E-state index contributed by atoms with van der Waals surface area (Å²) in [6.07, 6.45) is 4.17. The van der Waals surface area contributed by atoms with Crippen LogP contribution < -0.4 is 11.1 Å². The Morgan fingerprint density at radius 2 is 2.06 bits per heavy atom. The molecule has 1 spiro atoms. The van der Waals surface area contributed by atoms with Gasteiger partial charge < -0.3 is 11.1 Å². The highest BCUT2D eigenvalue weighted by atomic mass is 32.1. The number of hydrogen-bond donors (Lipinski definition) is 2. The molecular weight excluding hydrogens is 250 g/mol. The minimum atomic E-state index is -0.831. The van der Waals surface area contributed by atoms with Gasteiger partial charge in [-0.25, -0.2) is 0 Å². The van der Waals surface area contributed by atoms with Crippen molar-refractivity contribution in [3.8, 4) is 6.07 Å². The first kappa shape index (κ1) is 13.0. The monoisotopic (exact) mass is 265 g/mol. The Balaban J connectivity index is 2.49. The third kappa shape index (κ3) is 1.79. The van der Waals surface area contributed by atoms with E-state index in [9.17, 15) is 14.9 Å². The summed E-state index contributed by atoms with van der Waals surface area (Å²) in [6.45, 7) is 0. The number of hydrogen-bond acceptors (Lipinski definition) is 4. The van der Waals surface area contributed by atoms with E-state index in [1.807, 2.05) is 6.07 Å². The summed E-state index contributed by atoms with van der Waals surface area (Å²) in [6, 6.07) is 2.04. The molecule has 0 radical (unpaired) electrons. The van der Waals surface area contributed by atoms with Crippen LogP contribution in [0.1, 0.15) is 32.1 Å². The van der Waals surface area contributed by atoms with Crippen LogP contribution in [-0.2, 0) is 9.59 Å². The van der Waals surface area contributed by atoms with Gasteiger partial charge in [0.15, 0.2) is 0 Å². The number of carbonyl (C=O) groups excluding carboxylic acids is 2. The molecule has 0 aromatic rings. The number of primary amides is 1. The predicted molar refractivity (Wildman–Crippen MR) is 68.0 cm³/mol. The molecule has 1 heterocycles. The van der Waals surface area contributed by atoms with Gasteiger partial charge in [-0.3, -0.25) is 9.59 Å². The van der Waals surface area contributed by atoms with E-state index >= 15 is 0 Å². The molecule has 1 saturated heterocycles. The van der Waals surface area contributed by atoms with Crippen LogP contribution in [-0.4, -0.2) is 16.8 Å². The van der Waals surface area contributed by atoms with Crippen molar-refractivity contribution in [2.45, 2.75) is 32.1 Å². The van der Waals surface area contributed by atoms with Gasteiger partial charge in [-0.2, -0.15) is 5.26 Å². The van der Waals surface area contributed by atoms with Gasteiger partial charge in [0.1, 0.15) is 5.92 Å². The lowest BCUT2D eigenvalue weighted by molar-refractivity contribution is -0.134. The van der Waals surface area contributed by atoms with Crippen molar-refractivity contribution in [2.24, 2.45) is 23.0 Å². The molecule has 2 fully saturated rings. The second-order valence-electron chi connectivity index (χ2n) is 5.04. The molecule has 6 heteroatoms. The maximum atomic E-state index is 11.9. The zero-order valence-electron chi connectivity index (χ0n) is 9.94. The minimum Gasteiger partial charge on any atom is -0.369 e.